The van der Waals surface area contributed by atoms with E-state index < -0.39 is 20.0 Å². The molecule has 0 aliphatic heterocycles. The Bertz CT molecular complexity index is 1310. The molecule has 3 unspecified atom stereocenters. The molecule has 0 aromatic rings. The molecule has 0 fully saturated rings. The fourth-order valence-corrected chi connectivity index (χ4v) is 9.57. The molecule has 1 amide bonds. The Morgan fingerprint density at radius 3 is 1.30 bits per heavy atom. The first-order valence-corrected chi connectivity index (χ1v) is 31.8. The standard InChI is InChI=1S/C61H117N2O7P/c1-7-10-13-16-19-22-25-28-30-31-32-33-34-36-39-42-45-48-51-54-61(65)70-59(52-49-46-43-40-37-27-24-21-18-15-12-9-3)58(57-69-71(66,67)68-56-55-63(4,5)6)62-60(64)53-50-47-44-41-38-35-29-26-23-20-17-14-11-8-2/h19,22,28,30,49,52,58-59H,7-18,20-21,23-27,29,31-48,50-51,53-57H2,1-6H3,(H-,62,64,66,67)/b22-19-,30-28-,52-49+. The summed E-state index contributed by atoms with van der Waals surface area (Å²) in [5.74, 6) is -0.534. The summed E-state index contributed by atoms with van der Waals surface area (Å²) in [5.41, 5.74) is 0. The van der Waals surface area contributed by atoms with E-state index >= 15 is 0 Å². The van der Waals surface area contributed by atoms with Crippen molar-refractivity contribution < 1.29 is 37.3 Å². The molecule has 0 rings (SSSR count). The highest BCUT2D eigenvalue weighted by atomic mass is 31.2. The van der Waals surface area contributed by atoms with Crippen molar-refractivity contribution in [3.05, 3.63) is 36.5 Å². The van der Waals surface area contributed by atoms with Crippen LogP contribution in [-0.4, -0.2) is 69.4 Å². The second-order valence-electron chi connectivity index (χ2n) is 21.9. The number of amides is 1. The van der Waals surface area contributed by atoms with Crippen LogP contribution in [-0.2, 0) is 27.9 Å². The molecule has 0 aromatic carbocycles. The Morgan fingerprint density at radius 2 is 0.859 bits per heavy atom. The van der Waals surface area contributed by atoms with Crippen LogP contribution in [0.4, 0.5) is 0 Å². The summed E-state index contributed by atoms with van der Waals surface area (Å²) in [7, 11) is 1.19. The van der Waals surface area contributed by atoms with Gasteiger partial charge in [-0.3, -0.25) is 14.2 Å². The molecular weight excluding hydrogens is 904 g/mol. The summed E-state index contributed by atoms with van der Waals surface area (Å²) in [6.45, 7) is 6.84. The minimum atomic E-state index is -4.69. The van der Waals surface area contributed by atoms with Gasteiger partial charge in [-0.1, -0.05) is 250 Å². The van der Waals surface area contributed by atoms with Crippen molar-refractivity contribution in [3.8, 4) is 0 Å². The zero-order chi connectivity index (χ0) is 52.2. The summed E-state index contributed by atoms with van der Waals surface area (Å²) in [4.78, 5) is 39.9. The van der Waals surface area contributed by atoms with E-state index in [-0.39, 0.29) is 31.5 Å². The molecule has 0 heterocycles. The maximum atomic E-state index is 13.5. The van der Waals surface area contributed by atoms with E-state index in [0.29, 0.717) is 17.4 Å². The molecule has 0 saturated carbocycles. The lowest BCUT2D eigenvalue weighted by molar-refractivity contribution is -0.870. The number of carbonyl (C=O) groups is 2. The van der Waals surface area contributed by atoms with Gasteiger partial charge in [-0.25, -0.2) is 0 Å². The number of likely N-dealkylation sites (N-methyl/N-ethyl adjacent to an activating group) is 1. The van der Waals surface area contributed by atoms with Crippen molar-refractivity contribution in [1.29, 1.82) is 0 Å². The topological polar surface area (TPSA) is 114 Å². The van der Waals surface area contributed by atoms with E-state index in [1.165, 1.54) is 193 Å². The zero-order valence-electron chi connectivity index (χ0n) is 47.7. The fraction of sp³-hybridized carbons (Fsp3) is 0.869. The van der Waals surface area contributed by atoms with Gasteiger partial charge in [-0.15, -0.1) is 0 Å². The molecule has 3 atom stereocenters. The number of hydrogen-bond acceptors (Lipinski definition) is 7. The van der Waals surface area contributed by atoms with Crippen molar-refractivity contribution in [2.24, 2.45) is 0 Å². The Kier molecular flexibility index (Phi) is 50.4. The highest BCUT2D eigenvalue weighted by Gasteiger charge is 2.27. The third-order valence-corrected chi connectivity index (χ3v) is 14.5. The molecule has 1 N–H and O–H groups in total. The van der Waals surface area contributed by atoms with E-state index in [2.05, 4.69) is 50.4 Å². The summed E-state index contributed by atoms with van der Waals surface area (Å²) in [6.07, 6.45) is 61.0. The molecule has 0 saturated heterocycles. The number of esters is 1. The lowest BCUT2D eigenvalue weighted by atomic mass is 10.0. The van der Waals surface area contributed by atoms with Crippen molar-refractivity contribution in [2.45, 2.75) is 303 Å². The molecule has 0 aromatic heterocycles. The molecule has 0 bridgehead atoms. The van der Waals surface area contributed by atoms with E-state index in [1.54, 1.807) is 0 Å². The van der Waals surface area contributed by atoms with Gasteiger partial charge in [-0.2, -0.15) is 0 Å². The summed E-state index contributed by atoms with van der Waals surface area (Å²) >= 11 is 0. The monoisotopic (exact) mass is 1020 g/mol. The first-order chi connectivity index (χ1) is 34.4. The second kappa shape index (κ2) is 51.7. The zero-order valence-corrected chi connectivity index (χ0v) is 48.6. The van der Waals surface area contributed by atoms with Crippen molar-refractivity contribution in [2.75, 3.05) is 40.9 Å². The quantitative estimate of drug-likeness (QED) is 0.0212. The number of hydrogen-bond donors (Lipinski definition) is 1. The number of quaternary nitrogens is 1. The number of ether oxygens (including phenoxy) is 1. The van der Waals surface area contributed by atoms with Crippen LogP contribution in [0.25, 0.3) is 0 Å². The Balaban J connectivity index is 5.26. The molecule has 0 aliphatic carbocycles. The molecule has 418 valence electrons. The fourth-order valence-electron chi connectivity index (χ4n) is 8.85. The Labute approximate surface area is 440 Å². The number of nitrogens with one attached hydrogen (secondary N) is 1. The number of carbonyl (C=O) groups excluding carboxylic acids is 2. The average Bonchev–Trinajstić information content (AvgIpc) is 3.33. The predicted molar refractivity (Wildman–Crippen MR) is 303 cm³/mol. The molecule has 0 spiro atoms. The van der Waals surface area contributed by atoms with Crippen LogP contribution in [0.1, 0.15) is 290 Å². The van der Waals surface area contributed by atoms with Gasteiger partial charge in [0, 0.05) is 12.8 Å². The molecule has 71 heavy (non-hydrogen) atoms. The maximum Gasteiger partial charge on any atom is 0.306 e. The van der Waals surface area contributed by atoms with Crippen LogP contribution in [0, 0.1) is 0 Å². The van der Waals surface area contributed by atoms with Gasteiger partial charge >= 0.3 is 5.97 Å². The summed E-state index contributed by atoms with van der Waals surface area (Å²) < 4.78 is 30.3. The Hall–Kier alpha value is -1.77. The highest BCUT2D eigenvalue weighted by molar-refractivity contribution is 7.45. The third-order valence-electron chi connectivity index (χ3n) is 13.6. The molecule has 10 heteroatoms. The van der Waals surface area contributed by atoms with Crippen LogP contribution in [0.3, 0.4) is 0 Å². The van der Waals surface area contributed by atoms with Crippen LogP contribution in [0.2, 0.25) is 0 Å². The SMILES string of the molecule is CCCCC/C=C\C/C=C\CCCCCCCCCCCC(=O)OC(/C=C/CCCCCCCCCCCC)C(COP(=O)([O-])OCC[N+](C)(C)C)NC(=O)CCCCCCCCCCCCCCCC. The number of rotatable bonds is 55. The highest BCUT2D eigenvalue weighted by Crippen LogP contribution is 2.38. The van der Waals surface area contributed by atoms with Crippen LogP contribution >= 0.6 is 7.82 Å². The molecule has 9 nitrogen and oxygen atoms in total. The first-order valence-electron chi connectivity index (χ1n) is 30.3. The number of nitrogens with zero attached hydrogens (tertiary/aromatic N) is 1. The van der Waals surface area contributed by atoms with Gasteiger partial charge in [0.15, 0.2) is 0 Å². The lowest BCUT2D eigenvalue weighted by Crippen LogP contribution is -2.47. The van der Waals surface area contributed by atoms with E-state index in [4.69, 9.17) is 13.8 Å². The van der Waals surface area contributed by atoms with E-state index in [0.717, 1.165) is 64.2 Å². The van der Waals surface area contributed by atoms with Gasteiger partial charge in [-0.05, 0) is 63.9 Å². The predicted octanol–water partition coefficient (Wildman–Crippen LogP) is 17.7. The summed E-state index contributed by atoms with van der Waals surface area (Å²) in [5, 5.41) is 3.03. The minimum absolute atomic E-state index is 0.0207. The molecule has 0 aliphatic rings. The van der Waals surface area contributed by atoms with Crippen molar-refractivity contribution in [3.63, 3.8) is 0 Å². The number of unbranched alkanes of at least 4 members (excludes halogenated alkanes) is 35. The minimum Gasteiger partial charge on any atom is -0.756 e. The molecular formula is C61H117N2O7P. The van der Waals surface area contributed by atoms with Crippen LogP contribution in [0.5, 0.6) is 0 Å². The first kappa shape index (κ1) is 69.2. The number of phosphoric acid groups is 1. The second-order valence-corrected chi connectivity index (χ2v) is 23.3. The van der Waals surface area contributed by atoms with Gasteiger partial charge in [0.2, 0.25) is 5.91 Å². The van der Waals surface area contributed by atoms with Gasteiger partial charge < -0.3 is 28.5 Å². The largest absolute Gasteiger partial charge is 0.756 e. The van der Waals surface area contributed by atoms with E-state index in [9.17, 15) is 19.0 Å². The third kappa shape index (κ3) is 52.9. The molecule has 0 radical (unpaired) electrons. The van der Waals surface area contributed by atoms with Crippen LogP contribution in [0.15, 0.2) is 36.5 Å². The average molecular weight is 1020 g/mol. The van der Waals surface area contributed by atoms with Gasteiger partial charge in [0.25, 0.3) is 7.82 Å². The maximum absolute atomic E-state index is 13.5. The Morgan fingerprint density at radius 1 is 0.493 bits per heavy atom. The van der Waals surface area contributed by atoms with Gasteiger partial charge in [0.1, 0.15) is 19.3 Å². The van der Waals surface area contributed by atoms with Gasteiger partial charge in [0.05, 0.1) is 33.8 Å². The van der Waals surface area contributed by atoms with E-state index in [1.807, 2.05) is 33.3 Å². The van der Waals surface area contributed by atoms with Crippen molar-refractivity contribution >= 4 is 19.7 Å². The number of phosphoric ester groups is 1. The number of allylic oxidation sites excluding steroid dienone is 5. The summed E-state index contributed by atoms with van der Waals surface area (Å²) in [6, 6.07) is -0.885. The van der Waals surface area contributed by atoms with Crippen molar-refractivity contribution in [1.82, 2.24) is 5.32 Å². The smallest absolute Gasteiger partial charge is 0.306 e. The normalized spacial score (nSPS) is 14.0. The lowest BCUT2D eigenvalue weighted by Gasteiger charge is -2.30. The van der Waals surface area contributed by atoms with Crippen LogP contribution < -0.4 is 10.2 Å².